The lowest BCUT2D eigenvalue weighted by molar-refractivity contribution is -0.539. The van der Waals surface area contributed by atoms with Crippen molar-refractivity contribution in [1.82, 2.24) is 5.06 Å². The van der Waals surface area contributed by atoms with Gasteiger partial charge in [-0.1, -0.05) is 64.2 Å². The third-order valence-corrected chi connectivity index (χ3v) is 14.8. The number of rotatable bonds is 2. The molecule has 4 aliphatic rings. The molecular weight excluding hydrogens is 505 g/mol. The standard InChI is InChI=1S/C21H21N2O2S6/c1-20(2)21(3,4)23(25)15(22(20)24)13-7-5-12(6-8-13)14-11-28-18(29-14)19-30-16-17(31-19)27-10-9-26-16/h5-8,11H,9-10H2,1-4H3. The van der Waals surface area contributed by atoms with E-state index in [4.69, 9.17) is 0 Å². The summed E-state index contributed by atoms with van der Waals surface area (Å²) in [6, 6.07) is 7.81. The molecule has 0 amide bonds. The van der Waals surface area contributed by atoms with E-state index in [1.807, 2.05) is 111 Å². The van der Waals surface area contributed by atoms with Crippen molar-refractivity contribution in [2.75, 3.05) is 11.5 Å². The zero-order valence-electron chi connectivity index (χ0n) is 17.5. The van der Waals surface area contributed by atoms with E-state index in [9.17, 15) is 10.4 Å². The van der Waals surface area contributed by atoms with E-state index in [1.54, 1.807) is 11.8 Å². The van der Waals surface area contributed by atoms with Crippen LogP contribution in [-0.4, -0.2) is 38.2 Å². The zero-order chi connectivity index (χ0) is 22.0. The van der Waals surface area contributed by atoms with Crippen molar-refractivity contribution >= 4 is 81.3 Å². The van der Waals surface area contributed by atoms with Crippen molar-refractivity contribution in [3.05, 3.63) is 63.0 Å². The van der Waals surface area contributed by atoms with Crippen LogP contribution in [0.25, 0.3) is 4.91 Å². The lowest BCUT2D eigenvalue weighted by Gasteiger charge is -2.32. The molecule has 1 aromatic carbocycles. The first kappa shape index (κ1) is 22.6. The molecule has 0 unspecified atom stereocenters. The molecule has 5 rings (SSSR count). The minimum Gasteiger partial charge on any atom is -0.714 e. The van der Waals surface area contributed by atoms with Gasteiger partial charge in [0.05, 0.1) is 22.5 Å². The molecule has 0 fully saturated rings. The zero-order valence-corrected chi connectivity index (χ0v) is 22.4. The van der Waals surface area contributed by atoms with Gasteiger partial charge in [0.2, 0.25) is 0 Å². The molecule has 0 spiro atoms. The fourth-order valence-electron chi connectivity index (χ4n) is 3.40. The van der Waals surface area contributed by atoms with Gasteiger partial charge in [-0.3, -0.25) is 4.74 Å². The molecule has 0 atom stereocenters. The molecular formula is C21H21N2O2S6. The second-order valence-electron chi connectivity index (χ2n) is 8.36. The van der Waals surface area contributed by atoms with Gasteiger partial charge in [0.15, 0.2) is 5.54 Å². The Hall–Kier alpha value is -0.230. The van der Waals surface area contributed by atoms with Gasteiger partial charge in [0.1, 0.15) is 5.54 Å². The van der Waals surface area contributed by atoms with Crippen LogP contribution in [0, 0.1) is 5.21 Å². The molecule has 0 aromatic heterocycles. The van der Waals surface area contributed by atoms with Crippen LogP contribution in [0.5, 0.6) is 0 Å². The third-order valence-electron chi connectivity index (χ3n) is 6.05. The largest absolute Gasteiger partial charge is 0.714 e. The Morgan fingerprint density at radius 1 is 0.871 bits per heavy atom. The molecule has 4 aliphatic heterocycles. The molecule has 31 heavy (non-hydrogen) atoms. The normalized spacial score (nSPS) is 24.9. The smallest absolute Gasteiger partial charge is 0.316 e. The van der Waals surface area contributed by atoms with E-state index < -0.39 is 11.1 Å². The van der Waals surface area contributed by atoms with Crippen molar-refractivity contribution < 1.29 is 9.95 Å². The Morgan fingerprint density at radius 2 is 1.45 bits per heavy atom. The van der Waals surface area contributed by atoms with E-state index in [0.717, 1.165) is 15.4 Å². The molecule has 0 N–H and O–H groups in total. The number of hydrogen-bond acceptors (Lipinski definition) is 8. The van der Waals surface area contributed by atoms with Crippen LogP contribution in [-0.2, 0) is 5.21 Å². The molecule has 0 saturated heterocycles. The first-order valence-electron chi connectivity index (χ1n) is 9.77. The van der Waals surface area contributed by atoms with Crippen molar-refractivity contribution in [2.45, 2.75) is 38.8 Å². The molecule has 4 heterocycles. The molecule has 0 saturated carbocycles. The highest BCUT2D eigenvalue weighted by molar-refractivity contribution is 8.43. The van der Waals surface area contributed by atoms with Crippen LogP contribution in [0.1, 0.15) is 38.8 Å². The Morgan fingerprint density at radius 3 is 2.00 bits per heavy atom. The maximum absolute atomic E-state index is 12.9. The fourth-order valence-corrected chi connectivity index (χ4v) is 12.0. The van der Waals surface area contributed by atoms with Crippen LogP contribution in [0.2, 0.25) is 0 Å². The lowest BCUT2D eigenvalue weighted by Crippen LogP contribution is -2.53. The summed E-state index contributed by atoms with van der Waals surface area (Å²) in [5.74, 6) is 2.59. The Kier molecular flexibility index (Phi) is 5.98. The summed E-state index contributed by atoms with van der Waals surface area (Å²) in [7, 11) is 0. The quantitative estimate of drug-likeness (QED) is 0.298. The van der Waals surface area contributed by atoms with Crippen LogP contribution in [0.15, 0.2) is 46.6 Å². The van der Waals surface area contributed by atoms with E-state index in [0.29, 0.717) is 5.56 Å². The molecule has 1 aromatic rings. The summed E-state index contributed by atoms with van der Waals surface area (Å²) >= 11 is 11.4. The predicted octanol–water partition coefficient (Wildman–Crippen LogP) is 7.15. The van der Waals surface area contributed by atoms with Crippen LogP contribution < -0.4 is 0 Å². The number of hydroxylamine groups is 3. The van der Waals surface area contributed by atoms with E-state index in [1.165, 1.54) is 33.4 Å². The second kappa shape index (κ2) is 8.21. The Bertz CT molecular complexity index is 1050. The number of nitrogens with zero attached hydrogens (tertiary/aromatic N) is 2. The number of amidine groups is 1. The highest BCUT2D eigenvalue weighted by Gasteiger charge is 2.59. The van der Waals surface area contributed by atoms with Crippen LogP contribution in [0.4, 0.5) is 0 Å². The van der Waals surface area contributed by atoms with Crippen LogP contribution >= 0.6 is 70.6 Å². The van der Waals surface area contributed by atoms with Gasteiger partial charge in [-0.2, -0.15) is 0 Å². The molecule has 0 aliphatic carbocycles. The lowest BCUT2D eigenvalue weighted by atomic mass is 9.84. The summed E-state index contributed by atoms with van der Waals surface area (Å²) in [5, 5.41) is 28.9. The van der Waals surface area contributed by atoms with E-state index in [-0.39, 0.29) is 5.84 Å². The number of thioether (sulfide) groups is 6. The molecule has 4 nitrogen and oxygen atoms in total. The summed E-state index contributed by atoms with van der Waals surface area (Å²) in [4.78, 5) is 1.21. The fraction of sp³-hybridized carbons (Fsp3) is 0.381. The monoisotopic (exact) mass is 525 g/mol. The Balaban J connectivity index is 1.34. The third kappa shape index (κ3) is 3.70. The minimum absolute atomic E-state index is 0.192. The highest BCUT2D eigenvalue weighted by Crippen LogP contribution is 2.64. The van der Waals surface area contributed by atoms with Gasteiger partial charge in [0.25, 0.3) is 0 Å². The van der Waals surface area contributed by atoms with Crippen molar-refractivity contribution in [3.8, 4) is 0 Å². The van der Waals surface area contributed by atoms with Crippen molar-refractivity contribution in [2.24, 2.45) is 0 Å². The average Bonchev–Trinajstić information content (AvgIpc) is 3.43. The predicted molar refractivity (Wildman–Crippen MR) is 142 cm³/mol. The average molecular weight is 526 g/mol. The SMILES string of the molecule is CC1(C)N([O])C(c2ccc(C3=CSC(=C4SC5=C(SCCS5)S4)S3)cc2)=[N+]([O-])C1(C)C. The van der Waals surface area contributed by atoms with Crippen molar-refractivity contribution in [3.63, 3.8) is 0 Å². The van der Waals surface area contributed by atoms with Gasteiger partial charge >= 0.3 is 5.84 Å². The molecule has 10 heteroatoms. The maximum Gasteiger partial charge on any atom is 0.316 e. The number of hydrogen-bond donors (Lipinski definition) is 0. The highest BCUT2D eigenvalue weighted by atomic mass is 32.3. The first-order chi connectivity index (χ1) is 14.7. The van der Waals surface area contributed by atoms with E-state index in [2.05, 4.69) is 5.41 Å². The van der Waals surface area contributed by atoms with Gasteiger partial charge in [-0.05, 0) is 50.8 Å². The topological polar surface area (TPSA) is 49.2 Å². The number of benzene rings is 1. The van der Waals surface area contributed by atoms with Crippen LogP contribution in [0.3, 0.4) is 0 Å². The van der Waals surface area contributed by atoms with Gasteiger partial charge in [-0.15, -0.1) is 23.5 Å². The minimum atomic E-state index is -0.801. The van der Waals surface area contributed by atoms with Gasteiger partial charge < -0.3 is 5.21 Å². The molecule has 1 radical (unpaired) electrons. The van der Waals surface area contributed by atoms with Crippen molar-refractivity contribution in [1.29, 1.82) is 0 Å². The first-order valence-corrected chi connectivity index (χ1v) is 15.1. The summed E-state index contributed by atoms with van der Waals surface area (Å²) in [6.07, 6.45) is 0. The summed E-state index contributed by atoms with van der Waals surface area (Å²) in [5.41, 5.74) is 0.170. The molecule has 0 bridgehead atoms. The van der Waals surface area contributed by atoms with Gasteiger partial charge in [0, 0.05) is 21.6 Å². The maximum atomic E-state index is 12.9. The summed E-state index contributed by atoms with van der Waals surface area (Å²) in [6.45, 7) is 7.28. The second-order valence-corrected chi connectivity index (χ2v) is 15.6. The Labute approximate surface area is 208 Å². The summed E-state index contributed by atoms with van der Waals surface area (Å²) < 4.78 is 6.53. The molecule has 163 valence electrons. The van der Waals surface area contributed by atoms with E-state index >= 15 is 0 Å². The van der Waals surface area contributed by atoms with Gasteiger partial charge in [-0.25, -0.2) is 0 Å².